The van der Waals surface area contributed by atoms with E-state index in [0.717, 1.165) is 25.9 Å². The third-order valence-corrected chi connectivity index (χ3v) is 5.09. The minimum atomic E-state index is -0.137. The Kier molecular flexibility index (Phi) is 8.90. The van der Waals surface area contributed by atoms with Crippen molar-refractivity contribution in [3.8, 4) is 0 Å². The van der Waals surface area contributed by atoms with E-state index in [9.17, 15) is 5.21 Å². The molecule has 0 saturated carbocycles. The topological polar surface area (TPSA) is 38.5 Å². The van der Waals surface area contributed by atoms with Crippen molar-refractivity contribution in [2.45, 2.75) is 117 Å². The highest BCUT2D eigenvalue weighted by molar-refractivity contribution is 5.53. The third kappa shape index (κ3) is 7.26. The second-order valence-corrected chi connectivity index (χ2v) is 9.34. The van der Waals surface area contributed by atoms with Crippen LogP contribution in [0.4, 0.5) is 0 Å². The van der Waals surface area contributed by atoms with Crippen molar-refractivity contribution in [1.29, 1.82) is 0 Å². The summed E-state index contributed by atoms with van der Waals surface area (Å²) < 4.78 is 1.19. The Labute approximate surface area is 156 Å². The average molecular weight is 355 g/mol. The molecule has 148 valence electrons. The molecule has 0 aromatic heterocycles. The van der Waals surface area contributed by atoms with E-state index in [2.05, 4.69) is 53.5 Å². The van der Waals surface area contributed by atoms with E-state index in [1.807, 2.05) is 6.21 Å². The van der Waals surface area contributed by atoms with Crippen LogP contribution in [0, 0.1) is 11.1 Å². The molecule has 1 heterocycles. The lowest BCUT2D eigenvalue weighted by atomic mass is 9.79. The Balaban J connectivity index is 2.58. The molecule has 0 amide bonds. The van der Waals surface area contributed by atoms with Crippen molar-refractivity contribution < 1.29 is 9.58 Å². The largest absolute Gasteiger partial charge is 0.624 e. The summed E-state index contributed by atoms with van der Waals surface area (Å²) in [7, 11) is 0. The zero-order valence-corrected chi connectivity index (χ0v) is 17.8. The second-order valence-electron chi connectivity index (χ2n) is 9.34. The predicted molar refractivity (Wildman–Crippen MR) is 107 cm³/mol. The summed E-state index contributed by atoms with van der Waals surface area (Å²) in [6, 6.07) is 0.0290. The summed E-state index contributed by atoms with van der Waals surface area (Å²) in [5, 5.41) is 14.7. The molecule has 0 spiro atoms. The number of piperidine rings is 1. The Morgan fingerprint density at radius 2 is 1.56 bits per heavy atom. The van der Waals surface area contributed by atoms with Gasteiger partial charge in [0, 0.05) is 29.8 Å². The Morgan fingerprint density at radius 1 is 1.04 bits per heavy atom. The maximum absolute atomic E-state index is 12.5. The molecule has 1 fully saturated rings. The monoisotopic (exact) mass is 354 g/mol. The molecule has 4 heteroatoms. The fourth-order valence-electron chi connectivity index (χ4n) is 4.19. The quantitative estimate of drug-likeness (QED) is 0.170. The molecule has 0 radical (unpaired) electrons. The van der Waals surface area contributed by atoms with Gasteiger partial charge in [-0.25, -0.2) is 4.74 Å². The molecule has 0 bridgehead atoms. The first-order valence-corrected chi connectivity index (χ1v) is 10.3. The molecule has 1 saturated heterocycles. The maximum atomic E-state index is 12.5. The van der Waals surface area contributed by atoms with Crippen molar-refractivity contribution in [3.63, 3.8) is 0 Å². The third-order valence-electron chi connectivity index (χ3n) is 5.09. The van der Waals surface area contributed by atoms with Crippen LogP contribution in [0.3, 0.4) is 0 Å². The summed E-state index contributed by atoms with van der Waals surface area (Å²) in [6.07, 6.45) is 11.1. The van der Waals surface area contributed by atoms with E-state index in [4.69, 9.17) is 4.84 Å². The standard InChI is InChI=1S/C21H42N2O2/c1-8-9-10-11-12-13-14-25-23-20(4,5)15-19(16-21(23,6)7)22(24)17-18(2)3/h17-19H,8-16H2,1-7H3/b22-17-. The predicted octanol–water partition coefficient (Wildman–Crippen LogP) is 5.54. The molecule has 0 aromatic rings. The van der Waals surface area contributed by atoms with Crippen LogP contribution >= 0.6 is 0 Å². The van der Waals surface area contributed by atoms with E-state index >= 15 is 0 Å². The van der Waals surface area contributed by atoms with Gasteiger partial charge in [0.05, 0.1) is 6.61 Å². The van der Waals surface area contributed by atoms with Gasteiger partial charge in [0.15, 0.2) is 12.3 Å². The molecule has 0 aliphatic carbocycles. The van der Waals surface area contributed by atoms with Gasteiger partial charge in [0.2, 0.25) is 0 Å². The number of hydroxylamine groups is 3. The molecule has 25 heavy (non-hydrogen) atoms. The highest BCUT2D eigenvalue weighted by Gasteiger charge is 2.49. The first-order chi connectivity index (χ1) is 11.6. The highest BCUT2D eigenvalue weighted by atomic mass is 16.7. The molecular weight excluding hydrogens is 312 g/mol. The van der Waals surface area contributed by atoms with Crippen LogP contribution in [0.25, 0.3) is 0 Å². The van der Waals surface area contributed by atoms with Gasteiger partial charge in [-0.1, -0.05) is 52.9 Å². The molecule has 0 N–H and O–H groups in total. The number of unbranched alkanes of at least 4 members (excludes halogenated alkanes) is 5. The lowest BCUT2D eigenvalue weighted by Crippen LogP contribution is -2.62. The molecule has 0 atom stereocenters. The Hall–Kier alpha value is -0.610. The van der Waals surface area contributed by atoms with Crippen LogP contribution in [0.1, 0.15) is 99.8 Å². The highest BCUT2D eigenvalue weighted by Crippen LogP contribution is 2.39. The average Bonchev–Trinajstić information content (AvgIpc) is 2.46. The number of nitrogens with zero attached hydrogens (tertiary/aromatic N) is 2. The molecule has 0 aromatic carbocycles. The zero-order chi connectivity index (χ0) is 19.1. The van der Waals surface area contributed by atoms with E-state index < -0.39 is 0 Å². The number of hydrogen-bond acceptors (Lipinski definition) is 3. The fraction of sp³-hybridized carbons (Fsp3) is 0.952. The van der Waals surface area contributed by atoms with Crippen molar-refractivity contribution in [3.05, 3.63) is 5.21 Å². The van der Waals surface area contributed by atoms with Crippen LogP contribution in [0.15, 0.2) is 0 Å². The maximum Gasteiger partial charge on any atom is 0.166 e. The summed E-state index contributed by atoms with van der Waals surface area (Å²) >= 11 is 0. The van der Waals surface area contributed by atoms with Crippen LogP contribution in [-0.2, 0) is 4.84 Å². The fourth-order valence-corrected chi connectivity index (χ4v) is 4.19. The Morgan fingerprint density at radius 3 is 2.08 bits per heavy atom. The lowest BCUT2D eigenvalue weighted by Gasteiger charge is -2.52. The summed E-state index contributed by atoms with van der Waals surface area (Å²) in [6.45, 7) is 15.9. The zero-order valence-electron chi connectivity index (χ0n) is 17.8. The van der Waals surface area contributed by atoms with Crippen LogP contribution in [0.2, 0.25) is 0 Å². The molecule has 1 aliphatic heterocycles. The van der Waals surface area contributed by atoms with Gasteiger partial charge < -0.3 is 5.21 Å². The van der Waals surface area contributed by atoms with Gasteiger partial charge in [-0.05, 0) is 34.1 Å². The van der Waals surface area contributed by atoms with Gasteiger partial charge in [0.25, 0.3) is 0 Å². The molecule has 0 unspecified atom stereocenters. The van der Waals surface area contributed by atoms with Crippen molar-refractivity contribution >= 4 is 6.21 Å². The van der Waals surface area contributed by atoms with Gasteiger partial charge in [-0.2, -0.15) is 5.06 Å². The summed E-state index contributed by atoms with van der Waals surface area (Å²) in [4.78, 5) is 6.23. The number of rotatable bonds is 10. The van der Waals surface area contributed by atoms with Gasteiger partial charge in [0.1, 0.15) is 0 Å². The van der Waals surface area contributed by atoms with Crippen LogP contribution in [0.5, 0.6) is 0 Å². The lowest BCUT2D eigenvalue weighted by molar-refractivity contribution is -0.518. The SMILES string of the molecule is CCCCCCCCON1C(C)(C)CC(/[N+]([O-])=C/C(C)C)CC1(C)C. The minimum Gasteiger partial charge on any atom is -0.624 e. The minimum absolute atomic E-state index is 0.0290. The normalized spacial score (nSPS) is 21.8. The van der Waals surface area contributed by atoms with Crippen molar-refractivity contribution in [2.75, 3.05) is 6.61 Å². The van der Waals surface area contributed by atoms with Crippen LogP contribution < -0.4 is 0 Å². The molecule has 4 nitrogen and oxygen atoms in total. The van der Waals surface area contributed by atoms with E-state index in [-0.39, 0.29) is 23.0 Å². The van der Waals surface area contributed by atoms with Gasteiger partial charge in [-0.3, -0.25) is 4.84 Å². The van der Waals surface area contributed by atoms with E-state index in [1.54, 1.807) is 0 Å². The summed E-state index contributed by atoms with van der Waals surface area (Å²) in [5.41, 5.74) is -0.274. The van der Waals surface area contributed by atoms with Gasteiger partial charge >= 0.3 is 0 Å². The molecule has 1 aliphatic rings. The smallest absolute Gasteiger partial charge is 0.166 e. The molecule has 1 rings (SSSR count). The number of hydrogen-bond donors (Lipinski definition) is 0. The second kappa shape index (κ2) is 9.91. The Bertz CT molecular complexity index is 398. The summed E-state index contributed by atoms with van der Waals surface area (Å²) in [5.74, 6) is 0.283. The van der Waals surface area contributed by atoms with Crippen molar-refractivity contribution in [2.24, 2.45) is 5.92 Å². The van der Waals surface area contributed by atoms with E-state index in [0.29, 0.717) is 0 Å². The first kappa shape index (κ1) is 22.4. The molecular formula is C21H42N2O2. The van der Waals surface area contributed by atoms with Gasteiger partial charge in [-0.15, -0.1) is 0 Å². The van der Waals surface area contributed by atoms with Crippen molar-refractivity contribution in [1.82, 2.24) is 5.06 Å². The first-order valence-electron chi connectivity index (χ1n) is 10.3. The van der Waals surface area contributed by atoms with Crippen LogP contribution in [-0.4, -0.2) is 39.7 Å². The van der Waals surface area contributed by atoms with E-state index in [1.165, 1.54) is 36.8 Å².